The molecule has 4 rings (SSSR count). The summed E-state index contributed by atoms with van der Waals surface area (Å²) in [6, 6.07) is 27.2. The lowest BCUT2D eigenvalue weighted by molar-refractivity contribution is -0.122. The van der Waals surface area contributed by atoms with Crippen LogP contribution < -0.4 is 10.2 Å². The quantitative estimate of drug-likeness (QED) is 0.677. The number of aryl methyl sites for hydroxylation is 1. The monoisotopic (exact) mass is 399 g/mol. The smallest absolute Gasteiger partial charge is 0.325 e. The Labute approximate surface area is 176 Å². The van der Waals surface area contributed by atoms with Crippen molar-refractivity contribution in [3.63, 3.8) is 0 Å². The third-order valence-corrected chi connectivity index (χ3v) is 5.35. The molecule has 0 atom stereocenters. The SMILES string of the molecule is Cc1ccc(N2CCN(CC(=O)NC(c3ccccc3)c3ccccc3)C2=O)cc1. The number of nitrogens with zero attached hydrogens (tertiary/aromatic N) is 2. The lowest BCUT2D eigenvalue weighted by Crippen LogP contribution is -2.41. The van der Waals surface area contributed by atoms with Gasteiger partial charge in [-0.2, -0.15) is 0 Å². The Bertz CT molecular complexity index is 964. The highest BCUT2D eigenvalue weighted by molar-refractivity contribution is 5.96. The summed E-state index contributed by atoms with van der Waals surface area (Å²) in [6.45, 7) is 3.16. The van der Waals surface area contributed by atoms with Gasteiger partial charge in [-0.15, -0.1) is 0 Å². The standard InChI is InChI=1S/C25H25N3O2/c1-19-12-14-22(15-13-19)28-17-16-27(25(28)30)18-23(29)26-24(20-8-4-2-5-9-20)21-10-6-3-7-11-21/h2-15,24H,16-18H2,1H3,(H,26,29). The lowest BCUT2D eigenvalue weighted by Gasteiger charge is -2.22. The second-order valence-corrected chi connectivity index (χ2v) is 7.51. The largest absolute Gasteiger partial charge is 0.344 e. The van der Waals surface area contributed by atoms with Gasteiger partial charge in [-0.05, 0) is 30.2 Å². The summed E-state index contributed by atoms with van der Waals surface area (Å²) < 4.78 is 0. The van der Waals surface area contributed by atoms with Crippen molar-refractivity contribution in [3.8, 4) is 0 Å². The minimum atomic E-state index is -0.259. The van der Waals surface area contributed by atoms with Crippen LogP contribution in [0.25, 0.3) is 0 Å². The fraction of sp³-hybridized carbons (Fsp3) is 0.200. The maximum absolute atomic E-state index is 12.9. The summed E-state index contributed by atoms with van der Waals surface area (Å²) in [4.78, 5) is 29.0. The van der Waals surface area contributed by atoms with E-state index in [0.29, 0.717) is 13.1 Å². The molecular weight excluding hydrogens is 374 g/mol. The first-order valence-corrected chi connectivity index (χ1v) is 10.1. The molecule has 0 aliphatic carbocycles. The predicted molar refractivity (Wildman–Crippen MR) is 118 cm³/mol. The third-order valence-electron chi connectivity index (χ3n) is 5.35. The molecule has 1 heterocycles. The number of carbonyl (C=O) groups is 2. The van der Waals surface area contributed by atoms with Crippen LogP contribution in [0, 0.1) is 6.92 Å². The van der Waals surface area contributed by atoms with Crippen LogP contribution in [0.3, 0.4) is 0 Å². The number of carbonyl (C=O) groups excluding carboxylic acids is 2. The van der Waals surface area contributed by atoms with Crippen molar-refractivity contribution < 1.29 is 9.59 Å². The van der Waals surface area contributed by atoms with E-state index in [1.165, 1.54) is 0 Å². The van der Waals surface area contributed by atoms with E-state index in [-0.39, 0.29) is 24.5 Å². The molecule has 1 aliphatic heterocycles. The van der Waals surface area contributed by atoms with Crippen molar-refractivity contribution in [2.45, 2.75) is 13.0 Å². The van der Waals surface area contributed by atoms with Crippen molar-refractivity contribution >= 4 is 17.6 Å². The lowest BCUT2D eigenvalue weighted by atomic mass is 9.99. The van der Waals surface area contributed by atoms with Crippen LogP contribution in [0.2, 0.25) is 0 Å². The molecule has 1 N–H and O–H groups in total. The van der Waals surface area contributed by atoms with Crippen LogP contribution in [0.15, 0.2) is 84.9 Å². The summed E-state index contributed by atoms with van der Waals surface area (Å²) >= 11 is 0. The predicted octanol–water partition coefficient (Wildman–Crippen LogP) is 4.14. The summed E-state index contributed by atoms with van der Waals surface area (Å²) in [5.41, 5.74) is 4.02. The van der Waals surface area contributed by atoms with Gasteiger partial charge in [-0.3, -0.25) is 9.69 Å². The molecule has 0 spiro atoms. The van der Waals surface area contributed by atoms with Crippen LogP contribution in [-0.2, 0) is 4.79 Å². The molecule has 3 aromatic carbocycles. The maximum Gasteiger partial charge on any atom is 0.325 e. The van der Waals surface area contributed by atoms with E-state index >= 15 is 0 Å². The van der Waals surface area contributed by atoms with E-state index in [2.05, 4.69) is 5.32 Å². The molecule has 0 unspecified atom stereocenters. The molecule has 5 nitrogen and oxygen atoms in total. The fourth-order valence-electron chi connectivity index (χ4n) is 3.72. The normalized spacial score (nSPS) is 13.7. The van der Waals surface area contributed by atoms with Gasteiger partial charge in [-0.1, -0.05) is 78.4 Å². The van der Waals surface area contributed by atoms with E-state index in [4.69, 9.17) is 0 Å². The minimum absolute atomic E-state index is 0.0390. The first kappa shape index (κ1) is 19.7. The minimum Gasteiger partial charge on any atom is -0.344 e. The van der Waals surface area contributed by atoms with Crippen molar-refractivity contribution in [2.75, 3.05) is 24.5 Å². The van der Waals surface area contributed by atoms with E-state index in [1.807, 2.05) is 91.9 Å². The average molecular weight is 399 g/mol. The highest BCUT2D eigenvalue weighted by Gasteiger charge is 2.31. The summed E-state index contributed by atoms with van der Waals surface area (Å²) in [7, 11) is 0. The third kappa shape index (κ3) is 4.35. The van der Waals surface area contributed by atoms with E-state index < -0.39 is 0 Å². The fourth-order valence-corrected chi connectivity index (χ4v) is 3.72. The molecule has 152 valence electrons. The second kappa shape index (κ2) is 8.82. The van der Waals surface area contributed by atoms with Crippen LogP contribution in [0.1, 0.15) is 22.7 Å². The van der Waals surface area contributed by atoms with E-state index in [0.717, 1.165) is 22.4 Å². The Balaban J connectivity index is 1.45. The molecule has 0 saturated carbocycles. The van der Waals surface area contributed by atoms with Crippen molar-refractivity contribution in [2.24, 2.45) is 0 Å². The first-order valence-electron chi connectivity index (χ1n) is 10.1. The number of benzene rings is 3. The summed E-state index contributed by atoms with van der Waals surface area (Å²) in [5.74, 6) is -0.174. The molecule has 1 saturated heterocycles. The zero-order valence-corrected chi connectivity index (χ0v) is 17.0. The zero-order chi connectivity index (χ0) is 20.9. The van der Waals surface area contributed by atoms with Gasteiger partial charge in [0.1, 0.15) is 6.54 Å². The van der Waals surface area contributed by atoms with Crippen molar-refractivity contribution in [3.05, 3.63) is 102 Å². The molecule has 0 bridgehead atoms. The number of hydrogen-bond acceptors (Lipinski definition) is 2. The number of amides is 3. The average Bonchev–Trinajstić information content (AvgIpc) is 3.14. The van der Waals surface area contributed by atoms with Gasteiger partial charge in [0.2, 0.25) is 5.91 Å². The number of hydrogen-bond donors (Lipinski definition) is 1. The topological polar surface area (TPSA) is 52.6 Å². The van der Waals surface area contributed by atoms with Gasteiger partial charge >= 0.3 is 6.03 Å². The number of rotatable bonds is 6. The van der Waals surface area contributed by atoms with E-state index in [9.17, 15) is 9.59 Å². The molecule has 0 aromatic heterocycles. The Morgan fingerprint density at radius 1 is 0.867 bits per heavy atom. The van der Waals surface area contributed by atoms with Gasteiger partial charge in [0.15, 0.2) is 0 Å². The molecule has 1 aliphatic rings. The van der Waals surface area contributed by atoms with Crippen LogP contribution in [0.5, 0.6) is 0 Å². The number of nitrogens with one attached hydrogen (secondary N) is 1. The molecule has 30 heavy (non-hydrogen) atoms. The summed E-state index contributed by atoms with van der Waals surface area (Å²) in [6.07, 6.45) is 0. The Morgan fingerprint density at radius 3 is 2.00 bits per heavy atom. The molecule has 5 heteroatoms. The molecule has 3 aromatic rings. The molecule has 0 radical (unpaired) electrons. The second-order valence-electron chi connectivity index (χ2n) is 7.51. The Hall–Kier alpha value is -3.60. The van der Waals surface area contributed by atoms with Crippen molar-refractivity contribution in [1.29, 1.82) is 0 Å². The van der Waals surface area contributed by atoms with E-state index in [1.54, 1.807) is 9.80 Å². The van der Waals surface area contributed by atoms with Gasteiger partial charge < -0.3 is 10.2 Å². The Kier molecular flexibility index (Phi) is 5.80. The van der Waals surface area contributed by atoms with Crippen molar-refractivity contribution in [1.82, 2.24) is 10.2 Å². The van der Waals surface area contributed by atoms with Gasteiger partial charge in [-0.25, -0.2) is 4.79 Å². The number of urea groups is 1. The van der Waals surface area contributed by atoms with Crippen LogP contribution in [0.4, 0.5) is 10.5 Å². The summed E-state index contributed by atoms with van der Waals surface area (Å²) in [5, 5.41) is 3.11. The Morgan fingerprint density at radius 2 is 1.43 bits per heavy atom. The first-order chi connectivity index (χ1) is 14.6. The van der Waals surface area contributed by atoms with Gasteiger partial charge in [0, 0.05) is 18.8 Å². The zero-order valence-electron chi connectivity index (χ0n) is 17.0. The molecular formula is C25H25N3O2. The maximum atomic E-state index is 12.9. The highest BCUT2D eigenvalue weighted by atomic mass is 16.2. The van der Waals surface area contributed by atoms with Crippen LogP contribution >= 0.6 is 0 Å². The van der Waals surface area contributed by atoms with Gasteiger partial charge in [0.25, 0.3) is 0 Å². The number of anilines is 1. The van der Waals surface area contributed by atoms with Gasteiger partial charge in [0.05, 0.1) is 6.04 Å². The molecule has 1 fully saturated rings. The highest BCUT2D eigenvalue weighted by Crippen LogP contribution is 2.23. The molecule has 3 amide bonds. The van der Waals surface area contributed by atoms with Crippen LogP contribution in [-0.4, -0.2) is 36.5 Å².